The first-order valence-corrected chi connectivity index (χ1v) is 17.8. The Labute approximate surface area is 290 Å². The van der Waals surface area contributed by atoms with Gasteiger partial charge in [0.2, 0.25) is 11.8 Å². The summed E-state index contributed by atoms with van der Waals surface area (Å²) >= 11 is 9.59. The molecule has 0 aromatic heterocycles. The molecule has 0 saturated carbocycles. The molecule has 0 fully saturated rings. The fourth-order valence-electron chi connectivity index (χ4n) is 5.03. The molecule has 0 bridgehead atoms. The van der Waals surface area contributed by atoms with Crippen molar-refractivity contribution >= 4 is 55.1 Å². The van der Waals surface area contributed by atoms with E-state index in [1.165, 1.54) is 29.2 Å². The van der Waals surface area contributed by atoms with Crippen LogP contribution in [0.25, 0.3) is 0 Å². The van der Waals surface area contributed by atoms with Crippen LogP contribution in [-0.4, -0.2) is 49.9 Å². The zero-order valence-corrected chi connectivity index (χ0v) is 30.0. The lowest BCUT2D eigenvalue weighted by Crippen LogP contribution is -2.56. The van der Waals surface area contributed by atoms with Gasteiger partial charge in [-0.2, -0.15) is 0 Å². The zero-order valence-electron chi connectivity index (χ0n) is 26.8. The van der Waals surface area contributed by atoms with Gasteiger partial charge in [-0.1, -0.05) is 82.1 Å². The minimum Gasteiger partial charge on any atom is -0.492 e. The number of nitrogens with one attached hydrogen (secondary N) is 1. The van der Waals surface area contributed by atoms with E-state index >= 15 is 0 Å². The van der Waals surface area contributed by atoms with Gasteiger partial charge in [0.1, 0.15) is 18.3 Å². The number of rotatable bonds is 13. The largest absolute Gasteiger partial charge is 0.492 e. The Bertz CT molecular complexity index is 1780. The summed E-state index contributed by atoms with van der Waals surface area (Å²) in [5.41, 5.74) is 1.22. The van der Waals surface area contributed by atoms with E-state index in [9.17, 15) is 18.0 Å². The SMILES string of the molecule is CCOc1ccccc1N(CC(=O)N(Cc1cccc(Br)c1)[C@H](Cc1ccccc1)C(=O)NC(C)(C)C)S(=O)(=O)c1ccc(Cl)cc1. The maximum Gasteiger partial charge on any atom is 0.264 e. The summed E-state index contributed by atoms with van der Waals surface area (Å²) in [7, 11) is -4.31. The smallest absolute Gasteiger partial charge is 0.264 e. The molecule has 4 rings (SSSR count). The molecule has 47 heavy (non-hydrogen) atoms. The van der Waals surface area contributed by atoms with Crippen molar-refractivity contribution in [3.05, 3.63) is 124 Å². The first-order valence-electron chi connectivity index (χ1n) is 15.2. The molecular weight excluding hydrogens is 702 g/mol. The third-order valence-corrected chi connectivity index (χ3v) is 9.64. The second kappa shape index (κ2) is 15.8. The molecule has 0 radical (unpaired) electrons. The maximum absolute atomic E-state index is 14.7. The molecule has 0 saturated heterocycles. The molecule has 0 aliphatic carbocycles. The van der Waals surface area contributed by atoms with Crippen LogP contribution in [0.4, 0.5) is 5.69 Å². The number of amides is 2. The number of halogens is 2. The highest BCUT2D eigenvalue weighted by molar-refractivity contribution is 9.10. The number of carbonyl (C=O) groups excluding carboxylic acids is 2. The van der Waals surface area contributed by atoms with Crippen LogP contribution < -0.4 is 14.4 Å². The van der Waals surface area contributed by atoms with E-state index in [2.05, 4.69) is 21.2 Å². The summed E-state index contributed by atoms with van der Waals surface area (Å²) in [4.78, 5) is 30.1. The fraction of sp³-hybridized carbons (Fsp3) is 0.278. The van der Waals surface area contributed by atoms with Crippen molar-refractivity contribution < 1.29 is 22.7 Å². The number of benzene rings is 4. The van der Waals surface area contributed by atoms with Gasteiger partial charge in [-0.05, 0) is 87.4 Å². The average Bonchev–Trinajstić information content (AvgIpc) is 3.02. The van der Waals surface area contributed by atoms with Crippen molar-refractivity contribution in [2.24, 2.45) is 0 Å². The standard InChI is InChI=1S/C36H39BrClN3O5S/c1-5-46-33-17-10-9-16-31(33)41(47(44,45)30-20-18-29(38)19-21-30)25-34(42)40(24-27-14-11-15-28(37)22-27)32(35(43)39-36(2,3)4)23-26-12-7-6-8-13-26/h6-22,32H,5,23-25H2,1-4H3,(H,39,43)/t32-/m1/s1. The van der Waals surface area contributed by atoms with E-state index in [4.69, 9.17) is 16.3 Å². The molecule has 4 aromatic rings. The van der Waals surface area contributed by atoms with Gasteiger partial charge < -0.3 is 15.0 Å². The van der Waals surface area contributed by atoms with Crippen molar-refractivity contribution in [3.63, 3.8) is 0 Å². The second-order valence-corrected chi connectivity index (χ2v) is 15.2. The topological polar surface area (TPSA) is 96.0 Å². The molecular formula is C36H39BrClN3O5S. The lowest BCUT2D eigenvalue weighted by atomic mass is 10.0. The first-order chi connectivity index (χ1) is 22.3. The molecule has 4 aromatic carbocycles. The third kappa shape index (κ3) is 9.82. The Morgan fingerprint density at radius 1 is 0.894 bits per heavy atom. The molecule has 0 aliphatic heterocycles. The predicted molar refractivity (Wildman–Crippen MR) is 190 cm³/mol. The van der Waals surface area contributed by atoms with Gasteiger partial charge in [0.15, 0.2) is 0 Å². The lowest BCUT2D eigenvalue weighted by Gasteiger charge is -2.35. The van der Waals surface area contributed by atoms with Crippen LogP contribution in [0.1, 0.15) is 38.8 Å². The van der Waals surface area contributed by atoms with E-state index in [0.29, 0.717) is 10.8 Å². The van der Waals surface area contributed by atoms with Gasteiger partial charge >= 0.3 is 0 Å². The first kappa shape index (κ1) is 36.0. The number of sulfonamides is 1. The van der Waals surface area contributed by atoms with Gasteiger partial charge in [0, 0.05) is 28.0 Å². The monoisotopic (exact) mass is 739 g/mol. The van der Waals surface area contributed by atoms with Crippen LogP contribution in [0.15, 0.2) is 112 Å². The van der Waals surface area contributed by atoms with Crippen LogP contribution in [0.3, 0.4) is 0 Å². The number of para-hydroxylation sites is 2. The second-order valence-electron chi connectivity index (χ2n) is 12.0. The van der Waals surface area contributed by atoms with Gasteiger partial charge in [0.05, 0.1) is 17.2 Å². The van der Waals surface area contributed by atoms with E-state index in [-0.39, 0.29) is 36.1 Å². The van der Waals surface area contributed by atoms with Crippen molar-refractivity contribution in [2.75, 3.05) is 17.5 Å². The Morgan fingerprint density at radius 2 is 1.53 bits per heavy atom. The molecule has 0 spiro atoms. The summed E-state index contributed by atoms with van der Waals surface area (Å²) in [5, 5.41) is 3.41. The highest BCUT2D eigenvalue weighted by Gasteiger charge is 2.36. The molecule has 0 aliphatic rings. The van der Waals surface area contributed by atoms with Crippen LogP contribution in [-0.2, 0) is 32.6 Å². The normalized spacial score (nSPS) is 12.2. The molecule has 11 heteroatoms. The van der Waals surface area contributed by atoms with Crippen LogP contribution in [0.5, 0.6) is 5.75 Å². The number of carbonyl (C=O) groups is 2. The number of ether oxygens (including phenoxy) is 1. The van der Waals surface area contributed by atoms with Gasteiger partial charge in [0.25, 0.3) is 10.0 Å². The highest BCUT2D eigenvalue weighted by atomic mass is 79.9. The van der Waals surface area contributed by atoms with Gasteiger partial charge in [-0.15, -0.1) is 0 Å². The summed E-state index contributed by atoms with van der Waals surface area (Å²) in [5.74, 6) is -0.629. The Morgan fingerprint density at radius 3 is 2.17 bits per heavy atom. The Hall–Kier alpha value is -3.86. The third-order valence-electron chi connectivity index (χ3n) is 7.13. The summed E-state index contributed by atoms with van der Waals surface area (Å²) in [6, 6.07) is 28.3. The highest BCUT2D eigenvalue weighted by Crippen LogP contribution is 2.33. The van der Waals surface area contributed by atoms with Crippen LogP contribution in [0.2, 0.25) is 5.02 Å². The van der Waals surface area contributed by atoms with Crippen molar-refractivity contribution in [1.29, 1.82) is 0 Å². The number of nitrogens with zero attached hydrogens (tertiary/aromatic N) is 2. The van der Waals surface area contributed by atoms with Gasteiger partial charge in [-0.25, -0.2) is 8.42 Å². The molecule has 0 heterocycles. The molecule has 1 N–H and O–H groups in total. The van der Waals surface area contributed by atoms with Crippen LogP contribution >= 0.6 is 27.5 Å². The van der Waals surface area contributed by atoms with E-state index < -0.39 is 34.1 Å². The van der Waals surface area contributed by atoms with E-state index in [1.807, 2.05) is 75.4 Å². The summed E-state index contributed by atoms with van der Waals surface area (Å²) in [6.45, 7) is 7.14. The summed E-state index contributed by atoms with van der Waals surface area (Å²) < 4.78 is 36.3. The fourth-order valence-corrected chi connectivity index (χ4v) is 7.02. The van der Waals surface area contributed by atoms with Crippen molar-refractivity contribution in [2.45, 2.75) is 57.1 Å². The van der Waals surface area contributed by atoms with Crippen LogP contribution in [0, 0.1) is 0 Å². The lowest BCUT2D eigenvalue weighted by molar-refractivity contribution is -0.140. The summed E-state index contributed by atoms with van der Waals surface area (Å²) in [6.07, 6.45) is 0.210. The predicted octanol–water partition coefficient (Wildman–Crippen LogP) is 7.25. The average molecular weight is 741 g/mol. The molecule has 2 amide bonds. The Balaban J connectivity index is 1.85. The van der Waals surface area contributed by atoms with E-state index in [0.717, 1.165) is 19.9 Å². The minimum atomic E-state index is -4.31. The zero-order chi connectivity index (χ0) is 34.2. The number of hydrogen-bond acceptors (Lipinski definition) is 5. The quantitative estimate of drug-likeness (QED) is 0.156. The van der Waals surface area contributed by atoms with E-state index in [1.54, 1.807) is 31.2 Å². The van der Waals surface area contributed by atoms with Crippen molar-refractivity contribution in [3.8, 4) is 5.75 Å². The molecule has 1 atom stereocenters. The number of anilines is 1. The molecule has 0 unspecified atom stereocenters. The molecule has 248 valence electrons. The van der Waals surface area contributed by atoms with Gasteiger partial charge in [-0.3, -0.25) is 13.9 Å². The maximum atomic E-state index is 14.7. The Kier molecular flexibility index (Phi) is 12.1. The van der Waals surface area contributed by atoms with Crippen molar-refractivity contribution in [1.82, 2.24) is 10.2 Å². The molecule has 8 nitrogen and oxygen atoms in total. The minimum absolute atomic E-state index is 0.0501. The number of hydrogen-bond donors (Lipinski definition) is 1.